The Morgan fingerprint density at radius 1 is 1.40 bits per heavy atom. The number of nitrogens with zero attached hydrogens (tertiary/aromatic N) is 2. The Morgan fingerprint density at radius 2 is 2.25 bits per heavy atom. The molecule has 0 radical (unpaired) electrons. The first-order valence-corrected chi connectivity index (χ1v) is 6.84. The summed E-state index contributed by atoms with van der Waals surface area (Å²) in [5, 5.41) is 2.71. The van der Waals surface area contributed by atoms with Crippen LogP contribution in [0.5, 0.6) is 0 Å². The van der Waals surface area contributed by atoms with Crippen LogP contribution in [0.25, 0.3) is 0 Å². The van der Waals surface area contributed by atoms with E-state index in [0.29, 0.717) is 11.4 Å². The largest absolute Gasteiger partial charge is 0.352 e. The van der Waals surface area contributed by atoms with E-state index in [1.165, 1.54) is 18.2 Å². The number of nitrogens with one attached hydrogen (secondary N) is 1. The maximum absolute atomic E-state index is 13.5. The van der Waals surface area contributed by atoms with Crippen molar-refractivity contribution in [1.29, 1.82) is 0 Å². The van der Waals surface area contributed by atoms with Crippen LogP contribution in [0.2, 0.25) is 0 Å². The molecule has 1 aromatic carbocycles. The molecule has 1 heterocycles. The number of hydrogen-bond donors (Lipinski definition) is 2. The number of amides is 1. The van der Waals surface area contributed by atoms with Crippen molar-refractivity contribution in [2.45, 2.75) is 24.3 Å². The van der Waals surface area contributed by atoms with Crippen LogP contribution >= 0.6 is 12.6 Å². The number of hydrogen-bond acceptors (Lipinski definition) is 3. The Bertz CT molecular complexity index is 572. The molecule has 0 spiro atoms. The summed E-state index contributed by atoms with van der Waals surface area (Å²) >= 11 is 4.10. The van der Waals surface area contributed by atoms with Gasteiger partial charge in [-0.2, -0.15) is 0 Å². The molecule has 6 heteroatoms. The lowest BCUT2D eigenvalue weighted by atomic mass is 10.2. The number of benzene rings is 1. The van der Waals surface area contributed by atoms with Gasteiger partial charge in [-0.25, -0.2) is 9.37 Å². The van der Waals surface area contributed by atoms with Gasteiger partial charge in [-0.1, -0.05) is 0 Å². The molecule has 0 saturated carbocycles. The molecule has 0 saturated heterocycles. The average Bonchev–Trinajstić information content (AvgIpc) is 2.94. The normalized spacial score (nSPS) is 10.5. The van der Waals surface area contributed by atoms with Gasteiger partial charge in [-0.3, -0.25) is 4.79 Å². The predicted molar refractivity (Wildman–Crippen MR) is 77.4 cm³/mol. The van der Waals surface area contributed by atoms with E-state index in [0.717, 1.165) is 19.4 Å². The molecule has 1 amide bonds. The second-order valence-electron chi connectivity index (χ2n) is 4.43. The molecule has 0 atom stereocenters. The molecular weight excluding hydrogens is 277 g/mol. The van der Waals surface area contributed by atoms with E-state index in [2.05, 4.69) is 22.9 Å². The van der Waals surface area contributed by atoms with Gasteiger partial charge < -0.3 is 9.88 Å². The highest BCUT2D eigenvalue weighted by Crippen LogP contribution is 2.13. The third-order valence-corrected chi connectivity index (χ3v) is 3.16. The van der Waals surface area contributed by atoms with Crippen molar-refractivity contribution in [1.82, 2.24) is 14.9 Å². The van der Waals surface area contributed by atoms with Crippen LogP contribution < -0.4 is 5.32 Å². The molecule has 0 bridgehead atoms. The van der Waals surface area contributed by atoms with Crippen molar-refractivity contribution in [2.24, 2.45) is 0 Å². The van der Waals surface area contributed by atoms with Gasteiger partial charge >= 0.3 is 0 Å². The molecule has 1 aromatic heterocycles. The topological polar surface area (TPSA) is 46.9 Å². The fraction of sp³-hybridized carbons (Fsp3) is 0.286. The molecule has 106 valence electrons. The van der Waals surface area contributed by atoms with Gasteiger partial charge in [0.25, 0.3) is 5.91 Å². The second kappa shape index (κ2) is 7.09. The molecule has 0 fully saturated rings. The number of imidazole rings is 1. The van der Waals surface area contributed by atoms with E-state index in [-0.39, 0.29) is 5.56 Å². The van der Waals surface area contributed by atoms with E-state index >= 15 is 0 Å². The summed E-state index contributed by atoms with van der Waals surface area (Å²) in [5.74, 6) is -0.931. The van der Waals surface area contributed by atoms with Crippen LogP contribution in [0.15, 0.2) is 41.8 Å². The quantitative estimate of drug-likeness (QED) is 0.635. The lowest BCUT2D eigenvalue weighted by Gasteiger charge is -2.07. The summed E-state index contributed by atoms with van der Waals surface area (Å²) in [6, 6.07) is 4.19. The monoisotopic (exact) mass is 293 g/mol. The lowest BCUT2D eigenvalue weighted by Crippen LogP contribution is -2.25. The number of rotatable bonds is 6. The van der Waals surface area contributed by atoms with Gasteiger partial charge in [0.2, 0.25) is 0 Å². The summed E-state index contributed by atoms with van der Waals surface area (Å²) in [6.45, 7) is 1.38. The van der Waals surface area contributed by atoms with Crippen molar-refractivity contribution < 1.29 is 9.18 Å². The fourth-order valence-corrected chi connectivity index (χ4v) is 2.03. The van der Waals surface area contributed by atoms with Gasteiger partial charge in [0.1, 0.15) is 5.82 Å². The third-order valence-electron chi connectivity index (χ3n) is 2.88. The minimum atomic E-state index is -0.529. The van der Waals surface area contributed by atoms with Gasteiger partial charge in [-0.15, -0.1) is 12.6 Å². The van der Waals surface area contributed by atoms with Crippen LogP contribution in [0, 0.1) is 5.82 Å². The molecule has 2 rings (SSSR count). The summed E-state index contributed by atoms with van der Waals surface area (Å²) in [6.07, 6.45) is 7.13. The average molecular weight is 293 g/mol. The second-order valence-corrected chi connectivity index (χ2v) is 4.94. The molecule has 2 aromatic rings. The Morgan fingerprint density at radius 3 is 3.00 bits per heavy atom. The Labute approximate surface area is 122 Å². The first kappa shape index (κ1) is 14.6. The molecule has 20 heavy (non-hydrogen) atoms. The molecule has 0 unspecified atom stereocenters. The summed E-state index contributed by atoms with van der Waals surface area (Å²) in [7, 11) is 0. The first-order valence-electron chi connectivity index (χ1n) is 6.39. The van der Waals surface area contributed by atoms with Crippen molar-refractivity contribution in [3.63, 3.8) is 0 Å². The van der Waals surface area contributed by atoms with Crippen molar-refractivity contribution >= 4 is 18.5 Å². The SMILES string of the molecule is O=C(NCCCCn1ccnc1)c1cc(S)ccc1F. The molecular formula is C14H16FN3OS. The maximum Gasteiger partial charge on any atom is 0.254 e. The lowest BCUT2D eigenvalue weighted by molar-refractivity contribution is 0.0948. The Kier molecular flexibility index (Phi) is 5.17. The Hall–Kier alpha value is -1.82. The minimum Gasteiger partial charge on any atom is -0.352 e. The number of thiol groups is 1. The van der Waals surface area contributed by atoms with Crippen molar-refractivity contribution in [2.75, 3.05) is 6.54 Å². The first-order chi connectivity index (χ1) is 9.66. The van der Waals surface area contributed by atoms with E-state index in [9.17, 15) is 9.18 Å². The molecule has 0 aliphatic carbocycles. The number of carbonyl (C=O) groups is 1. The molecule has 1 N–H and O–H groups in total. The molecule has 0 aliphatic heterocycles. The van der Waals surface area contributed by atoms with Crippen LogP contribution in [0.1, 0.15) is 23.2 Å². The number of aryl methyl sites for hydroxylation is 1. The van der Waals surface area contributed by atoms with Crippen molar-refractivity contribution in [3.8, 4) is 0 Å². The maximum atomic E-state index is 13.5. The van der Waals surface area contributed by atoms with E-state index in [1.807, 2.05) is 10.8 Å². The predicted octanol–water partition coefficient (Wildman–Crippen LogP) is 2.52. The van der Waals surface area contributed by atoms with Crippen molar-refractivity contribution in [3.05, 3.63) is 48.3 Å². The standard InChI is InChI=1S/C14H16FN3OS/c15-13-4-3-11(20)9-12(13)14(19)17-5-1-2-7-18-8-6-16-10-18/h3-4,6,8-10,20H,1-2,5,7H2,(H,17,19). The van der Waals surface area contributed by atoms with E-state index < -0.39 is 11.7 Å². The van der Waals surface area contributed by atoms with Gasteiger partial charge in [-0.05, 0) is 31.0 Å². The minimum absolute atomic E-state index is 0.0344. The zero-order valence-corrected chi connectivity index (χ0v) is 11.8. The number of unbranched alkanes of at least 4 members (excludes halogenated alkanes) is 1. The van der Waals surface area contributed by atoms with Crippen LogP contribution in [-0.4, -0.2) is 22.0 Å². The number of halogens is 1. The zero-order valence-electron chi connectivity index (χ0n) is 10.9. The number of carbonyl (C=O) groups excluding carboxylic acids is 1. The van der Waals surface area contributed by atoms with Crippen LogP contribution in [0.4, 0.5) is 4.39 Å². The van der Waals surface area contributed by atoms with Crippen LogP contribution in [-0.2, 0) is 6.54 Å². The summed E-state index contributed by atoms with van der Waals surface area (Å²) in [4.78, 5) is 16.3. The molecule has 0 aliphatic rings. The van der Waals surface area contributed by atoms with E-state index in [4.69, 9.17) is 0 Å². The Balaban J connectivity index is 1.73. The van der Waals surface area contributed by atoms with Gasteiger partial charge in [0, 0.05) is 30.4 Å². The van der Waals surface area contributed by atoms with Crippen LogP contribution in [0.3, 0.4) is 0 Å². The highest BCUT2D eigenvalue weighted by molar-refractivity contribution is 7.80. The number of aromatic nitrogens is 2. The zero-order chi connectivity index (χ0) is 14.4. The third kappa shape index (κ3) is 4.09. The van der Waals surface area contributed by atoms with E-state index in [1.54, 1.807) is 12.5 Å². The highest BCUT2D eigenvalue weighted by Gasteiger charge is 2.11. The van der Waals surface area contributed by atoms with Gasteiger partial charge in [0.05, 0.1) is 11.9 Å². The highest BCUT2D eigenvalue weighted by atomic mass is 32.1. The smallest absolute Gasteiger partial charge is 0.254 e. The summed E-state index contributed by atoms with van der Waals surface area (Å²) in [5.41, 5.74) is 0.0344. The van der Waals surface area contributed by atoms with Gasteiger partial charge in [0.15, 0.2) is 0 Å². The fourth-order valence-electron chi connectivity index (χ4n) is 1.82. The summed E-state index contributed by atoms with van der Waals surface area (Å²) < 4.78 is 15.5. The molecule has 4 nitrogen and oxygen atoms in total.